The molecule has 0 unspecified atom stereocenters. The number of thioether (sulfide) groups is 1. The number of hydrogen-bond donors (Lipinski definition) is 0. The van der Waals surface area contributed by atoms with Crippen LogP contribution in [0.4, 0.5) is 5.82 Å². The average Bonchev–Trinajstić information content (AvgIpc) is 3.08. The Kier molecular flexibility index (Phi) is 7.63. The van der Waals surface area contributed by atoms with Crippen LogP contribution < -0.4 is 10.5 Å². The van der Waals surface area contributed by atoms with Crippen LogP contribution in [0, 0.1) is 0 Å². The van der Waals surface area contributed by atoms with Crippen LogP contribution in [0.1, 0.15) is 63.9 Å². The lowest BCUT2D eigenvalue weighted by Gasteiger charge is -2.29. The summed E-state index contributed by atoms with van der Waals surface area (Å²) in [5.41, 5.74) is 0.940. The molecule has 0 N–H and O–H groups in total. The Morgan fingerprint density at radius 1 is 1.09 bits per heavy atom. The molecule has 0 aliphatic carbocycles. The fourth-order valence-electron chi connectivity index (χ4n) is 4.26. The fourth-order valence-corrected chi connectivity index (χ4v) is 5.55. The van der Waals surface area contributed by atoms with E-state index in [2.05, 4.69) is 11.8 Å². The predicted octanol–water partition coefficient (Wildman–Crippen LogP) is 4.86. The van der Waals surface area contributed by atoms with Gasteiger partial charge >= 0.3 is 0 Å². The summed E-state index contributed by atoms with van der Waals surface area (Å²) in [4.78, 5) is 35.7. The number of amides is 1. The maximum atomic E-state index is 13.4. The number of anilines is 1. The zero-order valence-corrected chi connectivity index (χ0v) is 20.2. The van der Waals surface area contributed by atoms with Crippen LogP contribution in [0.25, 0.3) is 11.7 Å². The van der Waals surface area contributed by atoms with Crippen LogP contribution in [0.2, 0.25) is 0 Å². The van der Waals surface area contributed by atoms with Crippen molar-refractivity contribution in [1.29, 1.82) is 0 Å². The number of hydrogen-bond acceptors (Lipinski definition) is 6. The highest BCUT2D eigenvalue weighted by molar-refractivity contribution is 8.26. The lowest BCUT2D eigenvalue weighted by atomic mass is 10.1. The van der Waals surface area contributed by atoms with E-state index in [0.717, 1.165) is 38.8 Å². The molecule has 2 aliphatic heterocycles. The molecule has 4 rings (SSSR count). The molecule has 4 heterocycles. The number of nitrogens with zero attached hydrogens (tertiary/aromatic N) is 4. The first-order valence-electron chi connectivity index (χ1n) is 11.6. The molecule has 0 radical (unpaired) electrons. The highest BCUT2D eigenvalue weighted by Crippen LogP contribution is 2.34. The van der Waals surface area contributed by atoms with Gasteiger partial charge in [0.15, 0.2) is 0 Å². The van der Waals surface area contributed by atoms with E-state index in [1.807, 2.05) is 18.2 Å². The number of aromatic nitrogens is 2. The molecular weight excluding hydrogens is 440 g/mol. The predicted molar refractivity (Wildman–Crippen MR) is 136 cm³/mol. The van der Waals surface area contributed by atoms with Gasteiger partial charge in [0.05, 0.1) is 10.5 Å². The van der Waals surface area contributed by atoms with Gasteiger partial charge in [-0.05, 0) is 43.9 Å². The van der Waals surface area contributed by atoms with Gasteiger partial charge in [-0.2, -0.15) is 0 Å². The Hall–Kier alpha value is -2.19. The highest BCUT2D eigenvalue weighted by atomic mass is 32.2. The summed E-state index contributed by atoms with van der Waals surface area (Å²) in [5.74, 6) is 0.573. The summed E-state index contributed by atoms with van der Waals surface area (Å²) in [6, 6.07) is 5.54. The van der Waals surface area contributed by atoms with E-state index in [-0.39, 0.29) is 11.5 Å². The molecule has 0 atom stereocenters. The highest BCUT2D eigenvalue weighted by Gasteiger charge is 2.32. The van der Waals surface area contributed by atoms with Crippen LogP contribution in [0.3, 0.4) is 0 Å². The lowest BCUT2D eigenvalue weighted by Crippen LogP contribution is -2.33. The SMILES string of the molecule is CCCCCCCN1C(=O)/C(=C\c2c(N3CCCCC3)nc3ccccn3c2=O)SC1=S. The van der Waals surface area contributed by atoms with Crippen LogP contribution in [0.15, 0.2) is 34.1 Å². The van der Waals surface area contributed by atoms with Gasteiger partial charge in [-0.3, -0.25) is 18.9 Å². The summed E-state index contributed by atoms with van der Waals surface area (Å²) in [7, 11) is 0. The number of carbonyl (C=O) groups excluding carboxylic acids is 1. The first kappa shape index (κ1) is 23.0. The van der Waals surface area contributed by atoms with Gasteiger partial charge < -0.3 is 4.90 Å². The summed E-state index contributed by atoms with van der Waals surface area (Å²) < 4.78 is 2.12. The first-order chi connectivity index (χ1) is 15.6. The van der Waals surface area contributed by atoms with Gasteiger partial charge in [0.25, 0.3) is 11.5 Å². The Bertz CT molecular complexity index is 1090. The molecule has 8 heteroatoms. The third-order valence-corrected chi connectivity index (χ3v) is 7.42. The van der Waals surface area contributed by atoms with Gasteiger partial charge in [-0.15, -0.1) is 0 Å². The smallest absolute Gasteiger partial charge is 0.267 e. The van der Waals surface area contributed by atoms with Crippen molar-refractivity contribution in [2.75, 3.05) is 24.5 Å². The normalized spacial score (nSPS) is 18.3. The molecule has 170 valence electrons. The van der Waals surface area contributed by atoms with Gasteiger partial charge in [0.1, 0.15) is 15.8 Å². The standard InChI is InChI=1S/C24H30N4O2S2/c1-2-3-4-5-10-16-28-23(30)19(32-24(28)31)17-18-21(26-13-8-6-9-14-26)25-20-12-7-11-15-27(20)22(18)29/h7,11-12,15,17H,2-6,8-10,13-14,16H2,1H3/b19-17+. The zero-order valence-electron chi connectivity index (χ0n) is 18.6. The van der Waals surface area contributed by atoms with Gasteiger partial charge in [0, 0.05) is 25.8 Å². The summed E-state index contributed by atoms with van der Waals surface area (Å²) in [6.07, 6.45) is 12.4. The first-order valence-corrected chi connectivity index (χ1v) is 12.8. The number of fused-ring (bicyclic) bond motifs is 1. The van der Waals surface area contributed by atoms with E-state index in [1.165, 1.54) is 37.4 Å². The van der Waals surface area contributed by atoms with E-state index in [9.17, 15) is 9.59 Å². The molecule has 2 aromatic heterocycles. The van der Waals surface area contributed by atoms with Gasteiger partial charge in [-0.1, -0.05) is 62.7 Å². The largest absolute Gasteiger partial charge is 0.356 e. The Morgan fingerprint density at radius 3 is 2.66 bits per heavy atom. The third-order valence-electron chi connectivity index (χ3n) is 6.04. The lowest BCUT2D eigenvalue weighted by molar-refractivity contribution is -0.122. The molecule has 0 aromatic carbocycles. The minimum absolute atomic E-state index is 0.0994. The zero-order chi connectivity index (χ0) is 22.5. The van der Waals surface area contributed by atoms with Crippen LogP contribution in [0.5, 0.6) is 0 Å². The number of piperidine rings is 1. The second kappa shape index (κ2) is 10.6. The second-order valence-corrected chi connectivity index (χ2v) is 10.1. The monoisotopic (exact) mass is 470 g/mol. The van der Waals surface area contributed by atoms with Crippen molar-refractivity contribution >= 4 is 51.7 Å². The van der Waals surface area contributed by atoms with Crippen molar-refractivity contribution < 1.29 is 4.79 Å². The summed E-state index contributed by atoms with van der Waals surface area (Å²) >= 11 is 6.79. The molecule has 2 saturated heterocycles. The van der Waals surface area contributed by atoms with E-state index >= 15 is 0 Å². The molecule has 0 spiro atoms. The minimum Gasteiger partial charge on any atom is -0.356 e. The van der Waals surface area contributed by atoms with E-state index in [1.54, 1.807) is 21.6 Å². The van der Waals surface area contributed by atoms with Crippen molar-refractivity contribution in [3.8, 4) is 0 Å². The molecule has 1 amide bonds. The van der Waals surface area contributed by atoms with Gasteiger partial charge in [-0.25, -0.2) is 4.98 Å². The van der Waals surface area contributed by atoms with Crippen LogP contribution in [-0.4, -0.2) is 44.1 Å². The van der Waals surface area contributed by atoms with Crippen LogP contribution in [-0.2, 0) is 4.79 Å². The van der Waals surface area contributed by atoms with Crippen molar-refractivity contribution in [3.05, 3.63) is 45.2 Å². The minimum atomic E-state index is -0.152. The number of unbranched alkanes of at least 4 members (excludes halogenated alkanes) is 4. The molecular formula is C24H30N4O2S2. The molecule has 2 aliphatic rings. The Balaban J connectivity index is 1.65. The Labute approximate surface area is 198 Å². The van der Waals surface area contributed by atoms with Crippen LogP contribution >= 0.6 is 24.0 Å². The van der Waals surface area contributed by atoms with Crippen molar-refractivity contribution in [1.82, 2.24) is 14.3 Å². The Morgan fingerprint density at radius 2 is 1.88 bits per heavy atom. The molecule has 32 heavy (non-hydrogen) atoms. The maximum Gasteiger partial charge on any atom is 0.267 e. The van der Waals surface area contributed by atoms with E-state index < -0.39 is 0 Å². The van der Waals surface area contributed by atoms with Crippen molar-refractivity contribution in [2.45, 2.75) is 58.3 Å². The van der Waals surface area contributed by atoms with E-state index in [0.29, 0.717) is 32.8 Å². The number of carbonyl (C=O) groups is 1. The summed E-state index contributed by atoms with van der Waals surface area (Å²) in [5, 5.41) is 0. The maximum absolute atomic E-state index is 13.4. The fraction of sp³-hybridized carbons (Fsp3) is 0.500. The van der Waals surface area contributed by atoms with Crippen molar-refractivity contribution in [3.63, 3.8) is 0 Å². The second-order valence-electron chi connectivity index (χ2n) is 8.38. The third kappa shape index (κ3) is 4.91. The number of thiocarbonyl (C=S) groups is 1. The quantitative estimate of drug-likeness (QED) is 0.312. The molecule has 2 aromatic rings. The van der Waals surface area contributed by atoms with Crippen molar-refractivity contribution in [2.24, 2.45) is 0 Å². The number of rotatable bonds is 8. The number of pyridine rings is 1. The molecule has 6 nitrogen and oxygen atoms in total. The van der Waals surface area contributed by atoms with E-state index in [4.69, 9.17) is 17.2 Å². The summed E-state index contributed by atoms with van der Waals surface area (Å²) in [6.45, 7) is 4.57. The molecule has 0 saturated carbocycles. The van der Waals surface area contributed by atoms with Gasteiger partial charge in [0.2, 0.25) is 0 Å². The average molecular weight is 471 g/mol. The topological polar surface area (TPSA) is 57.9 Å². The molecule has 2 fully saturated rings. The molecule has 0 bridgehead atoms.